The highest BCUT2D eigenvalue weighted by molar-refractivity contribution is 6.30. The molecule has 0 unspecified atom stereocenters. The first-order valence-electron chi connectivity index (χ1n) is 12.2. The van der Waals surface area contributed by atoms with E-state index < -0.39 is 6.10 Å². The van der Waals surface area contributed by atoms with Crippen LogP contribution < -0.4 is 10.2 Å². The number of hydrogen-bond donors (Lipinski definition) is 2. The van der Waals surface area contributed by atoms with Gasteiger partial charge in [0.2, 0.25) is 11.8 Å². The quantitative estimate of drug-likeness (QED) is 0.644. The number of halogens is 1. The number of amides is 2. The molecule has 2 aromatic rings. The van der Waals surface area contributed by atoms with E-state index >= 15 is 0 Å². The number of aliphatic hydroxyl groups is 1. The first-order chi connectivity index (χ1) is 16.9. The molecule has 0 spiro atoms. The van der Waals surface area contributed by atoms with E-state index in [2.05, 4.69) is 27.1 Å². The van der Waals surface area contributed by atoms with Crippen molar-refractivity contribution in [2.24, 2.45) is 0 Å². The molecule has 186 valence electrons. The fraction of sp³-hybridized carbons (Fsp3) is 0.520. The molecule has 1 aromatic heterocycles. The van der Waals surface area contributed by atoms with Crippen LogP contribution in [0.25, 0.3) is 0 Å². The van der Waals surface area contributed by atoms with Gasteiger partial charge in [0.05, 0.1) is 24.3 Å². The van der Waals surface area contributed by atoms with Gasteiger partial charge >= 0.3 is 0 Å². The molecule has 1 aromatic carbocycles. The lowest BCUT2D eigenvalue weighted by molar-refractivity contribution is -0.134. The Bertz CT molecular complexity index is 1090. The number of anilines is 1. The lowest BCUT2D eigenvalue weighted by Crippen LogP contribution is -2.53. The largest absolute Gasteiger partial charge is 0.387 e. The zero-order chi connectivity index (χ0) is 24.5. The summed E-state index contributed by atoms with van der Waals surface area (Å²) in [6.45, 7) is 6.69. The summed E-state index contributed by atoms with van der Waals surface area (Å²) < 4.78 is 0. The molecule has 3 atom stereocenters. The van der Waals surface area contributed by atoms with Crippen LogP contribution in [-0.2, 0) is 9.59 Å². The fourth-order valence-corrected chi connectivity index (χ4v) is 5.57. The average Bonchev–Trinajstić information content (AvgIpc) is 3.16. The molecule has 2 fully saturated rings. The Kier molecular flexibility index (Phi) is 6.91. The second kappa shape index (κ2) is 10.1. The van der Waals surface area contributed by atoms with Crippen LogP contribution in [0.4, 0.5) is 5.82 Å². The Morgan fingerprint density at radius 3 is 2.63 bits per heavy atom. The molecule has 10 heteroatoms. The van der Waals surface area contributed by atoms with E-state index in [0.717, 1.165) is 29.2 Å². The monoisotopic (exact) mass is 498 g/mol. The minimum atomic E-state index is -0.540. The van der Waals surface area contributed by atoms with Gasteiger partial charge in [-0.3, -0.25) is 14.5 Å². The van der Waals surface area contributed by atoms with E-state index in [1.807, 2.05) is 34.1 Å². The zero-order valence-corrected chi connectivity index (χ0v) is 20.6. The highest BCUT2D eigenvalue weighted by Crippen LogP contribution is 2.42. The van der Waals surface area contributed by atoms with Crippen LogP contribution in [0.5, 0.6) is 0 Å². The van der Waals surface area contributed by atoms with Crippen molar-refractivity contribution in [2.45, 2.75) is 31.3 Å². The Morgan fingerprint density at radius 2 is 1.91 bits per heavy atom. The number of aliphatic hydroxyl groups excluding tert-OH is 1. The van der Waals surface area contributed by atoms with Crippen molar-refractivity contribution in [3.63, 3.8) is 0 Å². The van der Waals surface area contributed by atoms with E-state index in [9.17, 15) is 14.7 Å². The molecule has 1 aliphatic carbocycles. The average molecular weight is 499 g/mol. The molecular formula is C25H31ClN6O3. The molecule has 35 heavy (non-hydrogen) atoms. The number of carbonyl (C=O) groups is 2. The predicted octanol–water partition coefficient (Wildman–Crippen LogP) is 1.53. The van der Waals surface area contributed by atoms with E-state index in [4.69, 9.17) is 11.6 Å². The molecule has 3 aliphatic rings. The molecule has 2 aliphatic heterocycles. The summed E-state index contributed by atoms with van der Waals surface area (Å²) in [5.41, 5.74) is 2.67. The summed E-state index contributed by atoms with van der Waals surface area (Å²) >= 11 is 6.10. The molecule has 0 bridgehead atoms. The number of aromatic nitrogens is 2. The Hall–Kier alpha value is -2.75. The van der Waals surface area contributed by atoms with Crippen molar-refractivity contribution in [1.29, 1.82) is 0 Å². The molecule has 0 saturated carbocycles. The van der Waals surface area contributed by atoms with Gasteiger partial charge in [-0.25, -0.2) is 9.97 Å². The molecule has 2 amide bonds. The summed E-state index contributed by atoms with van der Waals surface area (Å²) in [5.74, 6) is 0.758. The van der Waals surface area contributed by atoms with Crippen molar-refractivity contribution in [1.82, 2.24) is 25.1 Å². The smallest absolute Gasteiger partial charge is 0.234 e. The van der Waals surface area contributed by atoms with Crippen molar-refractivity contribution >= 4 is 29.2 Å². The third-order valence-electron chi connectivity index (χ3n) is 7.30. The standard InChI is InChI=1S/C25H31ClN6O3/c1-16-12-20(33)23-22(16)24(29-15-28-23)31-8-10-32(11-9-31)25(35)19(17-2-4-18(26)5-3-17)13-30-7-6-27-21(34)14-30/h2-5,15-16,19-20,33H,6-14H2,1H3,(H,27,34)/t16-,19-,20-/m1/s1. The molecule has 0 radical (unpaired) electrons. The Morgan fingerprint density at radius 1 is 1.17 bits per heavy atom. The number of hydrogen-bond acceptors (Lipinski definition) is 7. The highest BCUT2D eigenvalue weighted by atomic mass is 35.5. The Labute approximate surface area is 210 Å². The number of nitrogens with zero attached hydrogens (tertiary/aromatic N) is 5. The van der Waals surface area contributed by atoms with Gasteiger partial charge in [-0.15, -0.1) is 0 Å². The first kappa shape index (κ1) is 24.0. The van der Waals surface area contributed by atoms with Gasteiger partial charge in [0.15, 0.2) is 0 Å². The van der Waals surface area contributed by atoms with Gasteiger partial charge in [0.25, 0.3) is 0 Å². The zero-order valence-electron chi connectivity index (χ0n) is 19.9. The topological polar surface area (TPSA) is 102 Å². The Balaban J connectivity index is 1.31. The van der Waals surface area contributed by atoms with Gasteiger partial charge in [0.1, 0.15) is 12.1 Å². The molecule has 2 N–H and O–H groups in total. The minimum absolute atomic E-state index is 0.0103. The molecule has 5 rings (SSSR count). The number of fused-ring (bicyclic) bond motifs is 1. The SMILES string of the molecule is C[C@@H]1C[C@@H](O)c2ncnc(N3CCN(C(=O)[C@H](CN4CCNC(=O)C4)c4ccc(Cl)cc4)CC3)c21. The maximum Gasteiger partial charge on any atom is 0.234 e. The second-order valence-corrected chi connectivity index (χ2v) is 10.1. The van der Waals surface area contributed by atoms with E-state index in [0.29, 0.717) is 57.3 Å². The molecular weight excluding hydrogens is 468 g/mol. The van der Waals surface area contributed by atoms with Crippen molar-refractivity contribution in [3.8, 4) is 0 Å². The predicted molar refractivity (Wildman–Crippen MR) is 132 cm³/mol. The third kappa shape index (κ3) is 4.98. The maximum absolute atomic E-state index is 13.8. The van der Waals surface area contributed by atoms with E-state index in [1.54, 1.807) is 0 Å². The van der Waals surface area contributed by atoms with Crippen LogP contribution in [0, 0.1) is 0 Å². The van der Waals surface area contributed by atoms with Gasteiger partial charge in [0, 0.05) is 56.4 Å². The van der Waals surface area contributed by atoms with Crippen LogP contribution in [0.3, 0.4) is 0 Å². The fourth-order valence-electron chi connectivity index (χ4n) is 5.44. The lowest BCUT2D eigenvalue weighted by Gasteiger charge is -2.39. The van der Waals surface area contributed by atoms with Gasteiger partial charge < -0.3 is 20.2 Å². The van der Waals surface area contributed by atoms with Gasteiger partial charge in [-0.2, -0.15) is 0 Å². The summed E-state index contributed by atoms with van der Waals surface area (Å²) in [4.78, 5) is 40.7. The first-order valence-corrected chi connectivity index (χ1v) is 12.6. The van der Waals surface area contributed by atoms with E-state index in [1.165, 1.54) is 6.33 Å². The summed E-state index contributed by atoms with van der Waals surface area (Å²) in [5, 5.41) is 13.8. The minimum Gasteiger partial charge on any atom is -0.387 e. The third-order valence-corrected chi connectivity index (χ3v) is 7.55. The number of nitrogens with one attached hydrogen (secondary N) is 1. The normalized spacial score (nSPS) is 23.7. The van der Waals surface area contributed by atoms with Crippen LogP contribution in [0.15, 0.2) is 30.6 Å². The number of piperazine rings is 2. The summed E-state index contributed by atoms with van der Waals surface area (Å²) in [7, 11) is 0. The summed E-state index contributed by atoms with van der Waals surface area (Å²) in [6.07, 6.45) is 1.65. The van der Waals surface area contributed by atoms with Crippen LogP contribution in [-0.4, -0.2) is 89.0 Å². The molecule has 3 heterocycles. The van der Waals surface area contributed by atoms with Crippen molar-refractivity contribution in [2.75, 3.05) is 57.3 Å². The second-order valence-electron chi connectivity index (χ2n) is 9.65. The van der Waals surface area contributed by atoms with Crippen LogP contribution in [0.1, 0.15) is 48.1 Å². The number of carbonyl (C=O) groups excluding carboxylic acids is 2. The van der Waals surface area contributed by atoms with Crippen molar-refractivity contribution < 1.29 is 14.7 Å². The molecule has 2 saturated heterocycles. The summed E-state index contributed by atoms with van der Waals surface area (Å²) in [6, 6.07) is 7.43. The van der Waals surface area contributed by atoms with Gasteiger partial charge in [-0.1, -0.05) is 30.7 Å². The number of rotatable bonds is 5. The van der Waals surface area contributed by atoms with Gasteiger partial charge in [-0.05, 0) is 30.0 Å². The van der Waals surface area contributed by atoms with E-state index in [-0.39, 0.29) is 23.7 Å². The molecule has 9 nitrogen and oxygen atoms in total. The number of benzene rings is 1. The highest BCUT2D eigenvalue weighted by Gasteiger charge is 2.35. The van der Waals surface area contributed by atoms with Crippen LogP contribution in [0.2, 0.25) is 5.02 Å². The van der Waals surface area contributed by atoms with Crippen LogP contribution >= 0.6 is 11.6 Å². The lowest BCUT2D eigenvalue weighted by atomic mass is 9.96. The maximum atomic E-state index is 13.8. The van der Waals surface area contributed by atoms with Crippen molar-refractivity contribution in [3.05, 3.63) is 52.4 Å².